The molecule has 1 aromatic heterocycles. The summed E-state index contributed by atoms with van der Waals surface area (Å²) in [5.41, 5.74) is 0. The Labute approximate surface area is 110 Å². The van der Waals surface area contributed by atoms with Gasteiger partial charge in [0.15, 0.2) is 0 Å². The molecule has 0 radical (unpaired) electrons. The normalized spacial score (nSPS) is 9.94. The molecule has 0 atom stereocenters. The van der Waals surface area contributed by atoms with Crippen LogP contribution in [0.5, 0.6) is 5.75 Å². The van der Waals surface area contributed by atoms with Gasteiger partial charge < -0.3 is 14.4 Å². The molecule has 0 bridgehead atoms. The van der Waals surface area contributed by atoms with Crippen LogP contribution in [0.1, 0.15) is 23.0 Å². The molecule has 0 aliphatic heterocycles. The minimum atomic E-state index is -0.296. The number of methoxy groups -OCH3 is 1. The lowest BCUT2D eigenvalue weighted by Crippen LogP contribution is -2.29. The van der Waals surface area contributed by atoms with Gasteiger partial charge in [-0.2, -0.15) is 0 Å². The second-order valence-electron chi connectivity index (χ2n) is 3.60. The summed E-state index contributed by atoms with van der Waals surface area (Å²) < 4.78 is 9.90. The second-order valence-corrected chi connectivity index (χ2v) is 4.52. The maximum absolute atomic E-state index is 12.1. The lowest BCUT2D eigenvalue weighted by molar-refractivity contribution is -0.143. The van der Waals surface area contributed by atoms with Crippen LogP contribution >= 0.6 is 11.3 Å². The highest BCUT2D eigenvalue weighted by molar-refractivity contribution is 7.12. The van der Waals surface area contributed by atoms with Crippen molar-refractivity contribution in [2.45, 2.75) is 13.3 Å². The van der Waals surface area contributed by atoms with Gasteiger partial charge in [-0.05, 0) is 18.4 Å². The van der Waals surface area contributed by atoms with Crippen LogP contribution in [0.2, 0.25) is 0 Å². The van der Waals surface area contributed by atoms with Gasteiger partial charge in [0.2, 0.25) is 0 Å². The fourth-order valence-electron chi connectivity index (χ4n) is 1.38. The van der Waals surface area contributed by atoms with Crippen molar-refractivity contribution in [1.82, 2.24) is 4.90 Å². The number of thiophene rings is 1. The Balaban J connectivity index is 2.54. The predicted octanol–water partition coefficient (Wildman–Crippen LogP) is 1.78. The van der Waals surface area contributed by atoms with Crippen molar-refractivity contribution in [2.24, 2.45) is 0 Å². The molecule has 1 rings (SSSR count). The zero-order valence-corrected chi connectivity index (χ0v) is 11.6. The van der Waals surface area contributed by atoms with Crippen molar-refractivity contribution >= 4 is 23.2 Å². The molecule has 0 aromatic carbocycles. The highest BCUT2D eigenvalue weighted by Gasteiger charge is 2.18. The molecule has 100 valence electrons. The first-order valence-corrected chi connectivity index (χ1v) is 6.50. The molecule has 18 heavy (non-hydrogen) atoms. The quantitative estimate of drug-likeness (QED) is 0.740. The zero-order chi connectivity index (χ0) is 13.5. The van der Waals surface area contributed by atoms with Gasteiger partial charge in [0.25, 0.3) is 5.91 Å². The van der Waals surface area contributed by atoms with Crippen molar-refractivity contribution in [1.29, 1.82) is 0 Å². The fourth-order valence-corrected chi connectivity index (χ4v) is 2.23. The van der Waals surface area contributed by atoms with Crippen LogP contribution in [0.4, 0.5) is 0 Å². The Morgan fingerprint density at radius 2 is 2.17 bits per heavy atom. The van der Waals surface area contributed by atoms with Crippen LogP contribution in [-0.2, 0) is 9.53 Å². The Hall–Kier alpha value is -1.56. The van der Waals surface area contributed by atoms with Gasteiger partial charge in [-0.25, -0.2) is 0 Å². The number of carbonyl (C=O) groups excluding carboxylic acids is 2. The van der Waals surface area contributed by atoms with Crippen LogP contribution in [0.3, 0.4) is 0 Å². The molecule has 0 N–H and O–H groups in total. The van der Waals surface area contributed by atoms with Crippen LogP contribution in [-0.4, -0.2) is 44.1 Å². The first kappa shape index (κ1) is 14.5. The predicted molar refractivity (Wildman–Crippen MR) is 69.1 cm³/mol. The summed E-state index contributed by atoms with van der Waals surface area (Å²) >= 11 is 1.32. The number of hydrogen-bond acceptors (Lipinski definition) is 5. The number of nitrogens with zero attached hydrogens (tertiary/aromatic N) is 1. The summed E-state index contributed by atoms with van der Waals surface area (Å²) in [6.07, 6.45) is 0.198. The van der Waals surface area contributed by atoms with E-state index in [-0.39, 0.29) is 18.3 Å². The summed E-state index contributed by atoms with van der Waals surface area (Å²) in [6, 6.07) is 1.75. The second kappa shape index (κ2) is 7.00. The Kier molecular flexibility index (Phi) is 5.64. The van der Waals surface area contributed by atoms with Gasteiger partial charge in [-0.3, -0.25) is 9.59 Å². The van der Waals surface area contributed by atoms with Crippen molar-refractivity contribution < 1.29 is 19.1 Å². The van der Waals surface area contributed by atoms with Crippen LogP contribution in [0, 0.1) is 0 Å². The first-order chi connectivity index (χ1) is 8.60. The summed E-state index contributed by atoms with van der Waals surface area (Å²) in [4.78, 5) is 25.3. The number of rotatable bonds is 6. The summed E-state index contributed by atoms with van der Waals surface area (Å²) in [5.74, 6) is 0.120. The number of carbonyl (C=O) groups is 2. The standard InChI is InChI=1S/C12H17NO4S/c1-4-17-10(14)5-7-13(2)12(15)11-9(16-3)6-8-18-11/h6,8H,4-5,7H2,1-3H3. The lowest BCUT2D eigenvalue weighted by atomic mass is 10.3. The van der Waals surface area contributed by atoms with Gasteiger partial charge in [0.1, 0.15) is 10.6 Å². The molecule has 6 heteroatoms. The average molecular weight is 271 g/mol. The summed E-state index contributed by atoms with van der Waals surface area (Å²) in [6.45, 7) is 2.44. The van der Waals surface area contributed by atoms with Crippen molar-refractivity contribution in [2.75, 3.05) is 27.3 Å². The van der Waals surface area contributed by atoms with Gasteiger partial charge in [0, 0.05) is 13.6 Å². The van der Waals surface area contributed by atoms with E-state index in [4.69, 9.17) is 9.47 Å². The Bertz CT molecular complexity index is 416. The van der Waals surface area contributed by atoms with E-state index in [2.05, 4.69) is 0 Å². The molecule has 0 spiro atoms. The minimum absolute atomic E-state index is 0.147. The van der Waals surface area contributed by atoms with Gasteiger partial charge in [-0.15, -0.1) is 11.3 Å². The Morgan fingerprint density at radius 3 is 2.78 bits per heavy atom. The third kappa shape index (κ3) is 3.73. The SMILES string of the molecule is CCOC(=O)CCN(C)C(=O)c1sccc1OC. The highest BCUT2D eigenvalue weighted by atomic mass is 32.1. The number of hydrogen-bond donors (Lipinski definition) is 0. The van der Waals surface area contributed by atoms with Crippen molar-refractivity contribution in [3.05, 3.63) is 16.3 Å². The number of ether oxygens (including phenoxy) is 2. The van der Waals surface area contributed by atoms with E-state index in [9.17, 15) is 9.59 Å². The minimum Gasteiger partial charge on any atom is -0.495 e. The van der Waals surface area contributed by atoms with E-state index < -0.39 is 0 Å². The lowest BCUT2D eigenvalue weighted by Gasteiger charge is -2.16. The van der Waals surface area contributed by atoms with Crippen LogP contribution in [0.25, 0.3) is 0 Å². The van der Waals surface area contributed by atoms with Gasteiger partial charge in [0.05, 0.1) is 20.1 Å². The van der Waals surface area contributed by atoms with Gasteiger partial charge in [-0.1, -0.05) is 0 Å². The Morgan fingerprint density at radius 1 is 1.44 bits per heavy atom. The molecular formula is C12H17NO4S. The number of amides is 1. The van der Waals surface area contributed by atoms with Crippen LogP contribution in [0.15, 0.2) is 11.4 Å². The van der Waals surface area contributed by atoms with E-state index in [1.165, 1.54) is 23.3 Å². The highest BCUT2D eigenvalue weighted by Crippen LogP contribution is 2.25. The number of esters is 1. The van der Waals surface area contributed by atoms with E-state index in [1.807, 2.05) is 0 Å². The molecule has 1 aromatic rings. The monoisotopic (exact) mass is 271 g/mol. The van der Waals surface area contributed by atoms with E-state index >= 15 is 0 Å². The third-order valence-corrected chi connectivity index (χ3v) is 3.23. The molecule has 5 nitrogen and oxygen atoms in total. The third-order valence-electron chi connectivity index (χ3n) is 2.35. The summed E-state index contributed by atoms with van der Waals surface area (Å²) in [7, 11) is 3.18. The molecule has 0 aliphatic carbocycles. The molecule has 0 unspecified atom stereocenters. The van der Waals surface area contributed by atoms with E-state index in [1.54, 1.807) is 25.4 Å². The van der Waals surface area contributed by atoms with E-state index in [0.717, 1.165) is 0 Å². The topological polar surface area (TPSA) is 55.8 Å². The van der Waals surface area contributed by atoms with Gasteiger partial charge >= 0.3 is 5.97 Å². The molecular weight excluding hydrogens is 254 g/mol. The molecule has 1 amide bonds. The van der Waals surface area contributed by atoms with Crippen molar-refractivity contribution in [3.8, 4) is 5.75 Å². The average Bonchev–Trinajstić information content (AvgIpc) is 2.83. The smallest absolute Gasteiger partial charge is 0.307 e. The van der Waals surface area contributed by atoms with E-state index in [0.29, 0.717) is 23.8 Å². The fraction of sp³-hybridized carbons (Fsp3) is 0.500. The van der Waals surface area contributed by atoms with Crippen LogP contribution < -0.4 is 4.74 Å². The molecule has 1 heterocycles. The maximum atomic E-state index is 12.1. The maximum Gasteiger partial charge on any atom is 0.307 e. The zero-order valence-electron chi connectivity index (χ0n) is 10.8. The first-order valence-electron chi connectivity index (χ1n) is 5.62. The molecule has 0 saturated carbocycles. The summed E-state index contributed by atoms with van der Waals surface area (Å²) in [5, 5.41) is 1.80. The largest absolute Gasteiger partial charge is 0.495 e. The molecule has 0 saturated heterocycles. The van der Waals surface area contributed by atoms with Crippen molar-refractivity contribution in [3.63, 3.8) is 0 Å². The molecule has 0 fully saturated rings. The molecule has 0 aliphatic rings.